The van der Waals surface area contributed by atoms with Crippen molar-refractivity contribution in [3.05, 3.63) is 16.8 Å². The van der Waals surface area contributed by atoms with E-state index in [4.69, 9.17) is 10.5 Å². The van der Waals surface area contributed by atoms with Crippen LogP contribution in [0, 0.1) is 5.92 Å². The molecule has 0 radical (unpaired) electrons. The smallest absolute Gasteiger partial charge is 0.238 e. The van der Waals surface area contributed by atoms with Crippen LogP contribution in [0.2, 0.25) is 0 Å². The third-order valence-corrected chi connectivity index (χ3v) is 4.29. The maximum Gasteiger partial charge on any atom is 0.238 e. The summed E-state index contributed by atoms with van der Waals surface area (Å²) in [5.74, 6) is 1.41. The molecule has 4 heteroatoms. The maximum atomic E-state index is 6.14. The van der Waals surface area contributed by atoms with Gasteiger partial charge < -0.3 is 10.5 Å². The molecule has 2 atom stereocenters. The molecule has 20 heavy (non-hydrogen) atoms. The molecule has 1 fully saturated rings. The largest absolute Gasteiger partial charge is 0.473 e. The second-order valence-electron chi connectivity index (χ2n) is 5.83. The van der Waals surface area contributed by atoms with E-state index in [0.29, 0.717) is 12.4 Å². The third kappa shape index (κ3) is 3.29. The molecule has 0 bridgehead atoms. The predicted octanol–water partition coefficient (Wildman–Crippen LogP) is 3.02. The Morgan fingerprint density at radius 1 is 1.15 bits per heavy atom. The minimum atomic E-state index is 0.274. The summed E-state index contributed by atoms with van der Waals surface area (Å²) >= 11 is 0. The Balaban J connectivity index is 2.22. The van der Waals surface area contributed by atoms with E-state index in [1.807, 2.05) is 0 Å². The van der Waals surface area contributed by atoms with E-state index in [0.717, 1.165) is 42.9 Å². The average Bonchev–Trinajstić information content (AvgIpc) is 2.46. The van der Waals surface area contributed by atoms with Crippen LogP contribution in [0.4, 0.5) is 0 Å². The van der Waals surface area contributed by atoms with Gasteiger partial charge in [0.2, 0.25) is 5.88 Å². The molecule has 0 saturated heterocycles. The normalized spacial score (nSPS) is 22.8. The molecule has 2 unspecified atom stereocenters. The molecule has 2 N–H and O–H groups in total. The van der Waals surface area contributed by atoms with Gasteiger partial charge in [-0.1, -0.05) is 27.2 Å². The summed E-state index contributed by atoms with van der Waals surface area (Å²) in [6.45, 7) is 7.01. The number of ether oxygens (including phenoxy) is 1. The fraction of sp³-hybridized carbons (Fsp3) is 0.750. The monoisotopic (exact) mass is 277 g/mol. The molecule has 1 aromatic rings. The van der Waals surface area contributed by atoms with Crippen molar-refractivity contribution in [2.24, 2.45) is 11.7 Å². The van der Waals surface area contributed by atoms with Gasteiger partial charge in [0.05, 0.1) is 5.69 Å². The van der Waals surface area contributed by atoms with Crippen molar-refractivity contribution in [2.75, 3.05) is 0 Å². The van der Waals surface area contributed by atoms with Crippen molar-refractivity contribution in [3.8, 4) is 5.88 Å². The highest BCUT2D eigenvalue weighted by molar-refractivity contribution is 5.37. The number of nitrogens with two attached hydrogens (primary N) is 1. The highest BCUT2D eigenvalue weighted by atomic mass is 16.5. The summed E-state index contributed by atoms with van der Waals surface area (Å²) in [7, 11) is 0. The molecule has 1 aliphatic carbocycles. The van der Waals surface area contributed by atoms with Gasteiger partial charge in [-0.2, -0.15) is 5.10 Å². The lowest BCUT2D eigenvalue weighted by Gasteiger charge is -2.27. The minimum Gasteiger partial charge on any atom is -0.473 e. The quantitative estimate of drug-likeness (QED) is 0.898. The Kier molecular flexibility index (Phi) is 5.35. The molecule has 1 aromatic heterocycles. The topological polar surface area (TPSA) is 61.0 Å². The molecule has 0 amide bonds. The molecule has 0 spiro atoms. The van der Waals surface area contributed by atoms with E-state index in [9.17, 15) is 0 Å². The lowest BCUT2D eigenvalue weighted by molar-refractivity contribution is 0.121. The van der Waals surface area contributed by atoms with Crippen LogP contribution in [-0.2, 0) is 19.4 Å². The van der Waals surface area contributed by atoms with Gasteiger partial charge in [-0.3, -0.25) is 0 Å². The van der Waals surface area contributed by atoms with E-state index < -0.39 is 0 Å². The number of aryl methyl sites for hydroxylation is 1. The predicted molar refractivity (Wildman–Crippen MR) is 80.7 cm³/mol. The van der Waals surface area contributed by atoms with Crippen LogP contribution in [0.1, 0.15) is 63.3 Å². The van der Waals surface area contributed by atoms with Gasteiger partial charge in [-0.15, -0.1) is 5.10 Å². The Bertz CT molecular complexity index is 448. The summed E-state index contributed by atoms with van der Waals surface area (Å²) in [5, 5.41) is 8.63. The summed E-state index contributed by atoms with van der Waals surface area (Å²) in [4.78, 5) is 0. The van der Waals surface area contributed by atoms with Crippen molar-refractivity contribution >= 4 is 0 Å². The molecule has 4 nitrogen and oxygen atoms in total. The molecule has 1 heterocycles. The SMILES string of the molecule is CCc1nnc(OC2CCCC(C)C2)c(CN)c1CC. The zero-order valence-electron chi connectivity index (χ0n) is 13.0. The van der Waals surface area contributed by atoms with Crippen LogP contribution in [-0.4, -0.2) is 16.3 Å². The third-order valence-electron chi connectivity index (χ3n) is 4.29. The standard InChI is InChI=1S/C16H27N3O/c1-4-13-14(10-17)16(19-18-15(13)5-2)20-12-8-6-7-11(3)9-12/h11-12H,4-10,17H2,1-3H3. The van der Waals surface area contributed by atoms with Gasteiger partial charge in [0, 0.05) is 12.1 Å². The fourth-order valence-electron chi connectivity index (χ4n) is 3.18. The van der Waals surface area contributed by atoms with Crippen molar-refractivity contribution < 1.29 is 4.74 Å². The molecular formula is C16H27N3O. The summed E-state index contributed by atoms with van der Waals surface area (Å²) in [6, 6.07) is 0. The van der Waals surface area contributed by atoms with Crippen LogP contribution in [0.5, 0.6) is 5.88 Å². The van der Waals surface area contributed by atoms with Crippen molar-refractivity contribution in [1.29, 1.82) is 0 Å². The minimum absolute atomic E-state index is 0.274. The Hall–Kier alpha value is -1.16. The molecule has 1 aliphatic rings. The first kappa shape index (κ1) is 15.2. The van der Waals surface area contributed by atoms with Crippen LogP contribution < -0.4 is 10.5 Å². The van der Waals surface area contributed by atoms with E-state index >= 15 is 0 Å². The average molecular weight is 277 g/mol. The van der Waals surface area contributed by atoms with Crippen LogP contribution >= 0.6 is 0 Å². The van der Waals surface area contributed by atoms with Gasteiger partial charge in [0.25, 0.3) is 0 Å². The second kappa shape index (κ2) is 7.02. The zero-order chi connectivity index (χ0) is 14.5. The van der Waals surface area contributed by atoms with E-state index in [-0.39, 0.29) is 6.10 Å². The number of hydrogen-bond donors (Lipinski definition) is 1. The number of hydrogen-bond acceptors (Lipinski definition) is 4. The molecule has 2 rings (SSSR count). The highest BCUT2D eigenvalue weighted by Gasteiger charge is 2.23. The summed E-state index contributed by atoms with van der Waals surface area (Å²) in [6.07, 6.45) is 6.88. The number of nitrogens with zero attached hydrogens (tertiary/aromatic N) is 2. The number of aromatic nitrogens is 2. The zero-order valence-corrected chi connectivity index (χ0v) is 13.0. The molecular weight excluding hydrogens is 250 g/mol. The summed E-state index contributed by atoms with van der Waals surface area (Å²) < 4.78 is 6.14. The summed E-state index contributed by atoms with van der Waals surface area (Å²) in [5.41, 5.74) is 9.27. The van der Waals surface area contributed by atoms with Gasteiger partial charge in [0.15, 0.2) is 0 Å². The van der Waals surface area contributed by atoms with E-state index in [2.05, 4.69) is 31.0 Å². The first-order valence-electron chi connectivity index (χ1n) is 7.93. The lowest BCUT2D eigenvalue weighted by atomic mass is 9.89. The van der Waals surface area contributed by atoms with Crippen LogP contribution in [0.25, 0.3) is 0 Å². The molecule has 112 valence electrons. The van der Waals surface area contributed by atoms with Crippen molar-refractivity contribution in [3.63, 3.8) is 0 Å². The van der Waals surface area contributed by atoms with Crippen LogP contribution in [0.15, 0.2) is 0 Å². The van der Waals surface area contributed by atoms with Gasteiger partial charge in [0.1, 0.15) is 6.10 Å². The fourth-order valence-corrected chi connectivity index (χ4v) is 3.18. The van der Waals surface area contributed by atoms with Gasteiger partial charge in [-0.25, -0.2) is 0 Å². The number of rotatable bonds is 5. The van der Waals surface area contributed by atoms with Crippen molar-refractivity contribution in [1.82, 2.24) is 10.2 Å². The van der Waals surface area contributed by atoms with Crippen molar-refractivity contribution in [2.45, 2.75) is 71.9 Å². The molecule has 0 aliphatic heterocycles. The van der Waals surface area contributed by atoms with Crippen LogP contribution in [0.3, 0.4) is 0 Å². The van der Waals surface area contributed by atoms with E-state index in [1.165, 1.54) is 18.4 Å². The first-order valence-corrected chi connectivity index (χ1v) is 7.93. The van der Waals surface area contributed by atoms with Gasteiger partial charge >= 0.3 is 0 Å². The molecule has 1 saturated carbocycles. The van der Waals surface area contributed by atoms with Gasteiger partial charge in [-0.05, 0) is 43.6 Å². The lowest BCUT2D eigenvalue weighted by Crippen LogP contribution is -2.26. The highest BCUT2D eigenvalue weighted by Crippen LogP contribution is 2.29. The maximum absolute atomic E-state index is 6.14. The Labute approximate surface area is 122 Å². The molecule has 0 aromatic carbocycles. The Morgan fingerprint density at radius 3 is 2.55 bits per heavy atom. The Morgan fingerprint density at radius 2 is 1.95 bits per heavy atom. The van der Waals surface area contributed by atoms with E-state index in [1.54, 1.807) is 0 Å². The first-order chi connectivity index (χ1) is 9.69. The second-order valence-corrected chi connectivity index (χ2v) is 5.83.